The molecule has 0 aromatic rings. The van der Waals surface area contributed by atoms with E-state index in [1.165, 1.54) is 0 Å². The molecule has 6 nitrogen and oxygen atoms in total. The molecule has 0 unspecified atom stereocenters. The highest BCUT2D eigenvalue weighted by Gasteiger charge is 1.86. The summed E-state index contributed by atoms with van der Waals surface area (Å²) in [6.45, 7) is 0.958. The van der Waals surface area contributed by atoms with Crippen LogP contribution >= 0.6 is 0 Å². The summed E-state index contributed by atoms with van der Waals surface area (Å²) in [5, 5.41) is 0. The fraction of sp³-hybridized carbons (Fsp3) is 0.600. The van der Waals surface area contributed by atoms with Gasteiger partial charge in [0, 0.05) is 7.11 Å². The number of aliphatic imine (C=N–C) groups is 2. The SMILES string of the molecule is COCCN=C(N)N=C(N)N. The molecule has 0 aliphatic carbocycles. The van der Waals surface area contributed by atoms with E-state index in [-0.39, 0.29) is 11.9 Å². The third-order valence-corrected chi connectivity index (χ3v) is 0.813. The molecule has 0 aliphatic heterocycles. The van der Waals surface area contributed by atoms with E-state index in [0.29, 0.717) is 13.2 Å². The Balaban J connectivity index is 3.72. The molecule has 0 radical (unpaired) electrons. The van der Waals surface area contributed by atoms with Gasteiger partial charge in [-0.1, -0.05) is 0 Å². The van der Waals surface area contributed by atoms with Gasteiger partial charge in [-0.05, 0) is 0 Å². The fourth-order valence-corrected chi connectivity index (χ4v) is 0.419. The fourth-order valence-electron chi connectivity index (χ4n) is 0.419. The lowest BCUT2D eigenvalue weighted by atomic mass is 10.7. The van der Waals surface area contributed by atoms with Crippen LogP contribution in [0.3, 0.4) is 0 Å². The molecule has 0 aromatic carbocycles. The van der Waals surface area contributed by atoms with Crippen molar-refractivity contribution in [3.63, 3.8) is 0 Å². The van der Waals surface area contributed by atoms with Gasteiger partial charge in [-0.25, -0.2) is 4.99 Å². The molecular weight excluding hydrogens is 146 g/mol. The normalized spacial score (nSPS) is 11.2. The maximum Gasteiger partial charge on any atom is 0.218 e. The van der Waals surface area contributed by atoms with Crippen LogP contribution in [0.4, 0.5) is 0 Å². The molecule has 0 rings (SSSR count). The zero-order chi connectivity index (χ0) is 8.69. The number of nitrogens with two attached hydrogens (primary N) is 3. The van der Waals surface area contributed by atoms with E-state index in [0.717, 1.165) is 0 Å². The molecule has 0 heterocycles. The topological polar surface area (TPSA) is 112 Å². The second kappa shape index (κ2) is 5.48. The largest absolute Gasteiger partial charge is 0.383 e. The molecule has 0 aromatic heterocycles. The van der Waals surface area contributed by atoms with Gasteiger partial charge < -0.3 is 21.9 Å². The van der Waals surface area contributed by atoms with Crippen molar-refractivity contribution < 1.29 is 4.74 Å². The van der Waals surface area contributed by atoms with Crippen molar-refractivity contribution in [3.8, 4) is 0 Å². The lowest BCUT2D eigenvalue weighted by molar-refractivity contribution is 0.208. The Hall–Kier alpha value is -1.30. The third kappa shape index (κ3) is 6.59. The Morgan fingerprint density at radius 2 is 2.00 bits per heavy atom. The van der Waals surface area contributed by atoms with Crippen molar-refractivity contribution >= 4 is 11.9 Å². The van der Waals surface area contributed by atoms with Crippen molar-refractivity contribution in [1.82, 2.24) is 0 Å². The van der Waals surface area contributed by atoms with E-state index in [2.05, 4.69) is 9.98 Å². The summed E-state index contributed by atoms with van der Waals surface area (Å²) in [4.78, 5) is 7.27. The van der Waals surface area contributed by atoms with E-state index < -0.39 is 0 Å². The highest BCUT2D eigenvalue weighted by Crippen LogP contribution is 1.74. The van der Waals surface area contributed by atoms with E-state index in [1.54, 1.807) is 7.11 Å². The number of guanidine groups is 2. The molecular formula is C5H13N5O. The minimum Gasteiger partial charge on any atom is -0.383 e. The Bertz CT molecular complexity index is 160. The molecule has 0 fully saturated rings. The monoisotopic (exact) mass is 159 g/mol. The molecule has 0 spiro atoms. The quantitative estimate of drug-likeness (QED) is 0.257. The van der Waals surface area contributed by atoms with Crippen molar-refractivity contribution in [3.05, 3.63) is 0 Å². The summed E-state index contributed by atoms with van der Waals surface area (Å²) in [5.41, 5.74) is 15.3. The van der Waals surface area contributed by atoms with Crippen LogP contribution in [0.1, 0.15) is 0 Å². The third-order valence-electron chi connectivity index (χ3n) is 0.813. The second-order valence-electron chi connectivity index (χ2n) is 1.77. The number of methoxy groups -OCH3 is 1. The van der Waals surface area contributed by atoms with E-state index in [4.69, 9.17) is 21.9 Å². The summed E-state index contributed by atoms with van der Waals surface area (Å²) >= 11 is 0. The summed E-state index contributed by atoms with van der Waals surface area (Å²) in [6.07, 6.45) is 0. The van der Waals surface area contributed by atoms with Gasteiger partial charge >= 0.3 is 0 Å². The Morgan fingerprint density at radius 1 is 1.36 bits per heavy atom. The maximum absolute atomic E-state index is 5.26. The average molecular weight is 159 g/mol. The molecule has 0 saturated heterocycles. The van der Waals surface area contributed by atoms with Gasteiger partial charge in [-0.3, -0.25) is 0 Å². The van der Waals surface area contributed by atoms with Crippen LogP contribution in [0.25, 0.3) is 0 Å². The number of rotatable bonds is 3. The first-order valence-electron chi connectivity index (χ1n) is 3.05. The summed E-state index contributed by atoms with van der Waals surface area (Å²) < 4.78 is 4.72. The van der Waals surface area contributed by atoms with Crippen LogP contribution in [-0.2, 0) is 4.74 Å². The average Bonchev–Trinajstić information content (AvgIpc) is 1.86. The lowest BCUT2D eigenvalue weighted by Gasteiger charge is -1.94. The molecule has 0 amide bonds. The van der Waals surface area contributed by atoms with Gasteiger partial charge in [0.25, 0.3) is 0 Å². The summed E-state index contributed by atoms with van der Waals surface area (Å²) in [5.74, 6) is -0.0225. The molecule has 6 heteroatoms. The number of nitrogens with zero attached hydrogens (tertiary/aromatic N) is 2. The van der Waals surface area contributed by atoms with Crippen LogP contribution in [0, 0.1) is 0 Å². The molecule has 0 saturated carbocycles. The van der Waals surface area contributed by atoms with Gasteiger partial charge in [0.1, 0.15) is 0 Å². The zero-order valence-corrected chi connectivity index (χ0v) is 6.45. The summed E-state index contributed by atoms with van der Waals surface area (Å²) in [6, 6.07) is 0. The van der Waals surface area contributed by atoms with Crippen LogP contribution in [0.2, 0.25) is 0 Å². The van der Waals surface area contributed by atoms with Crippen LogP contribution < -0.4 is 17.2 Å². The minimum absolute atomic E-state index is 0.0713. The molecule has 64 valence electrons. The minimum atomic E-state index is -0.0938. The Morgan fingerprint density at radius 3 is 2.45 bits per heavy atom. The number of hydrogen-bond acceptors (Lipinski definition) is 2. The van der Waals surface area contributed by atoms with Crippen molar-refractivity contribution in [2.45, 2.75) is 0 Å². The van der Waals surface area contributed by atoms with Crippen LogP contribution in [0.5, 0.6) is 0 Å². The first kappa shape index (κ1) is 9.70. The molecule has 11 heavy (non-hydrogen) atoms. The molecule has 6 N–H and O–H groups in total. The molecule has 0 bridgehead atoms. The predicted molar refractivity (Wildman–Crippen MR) is 44.2 cm³/mol. The van der Waals surface area contributed by atoms with Gasteiger partial charge in [0.2, 0.25) is 5.96 Å². The van der Waals surface area contributed by atoms with E-state index in [1.807, 2.05) is 0 Å². The van der Waals surface area contributed by atoms with Gasteiger partial charge in [0.05, 0.1) is 13.2 Å². The predicted octanol–water partition coefficient (Wildman–Crippen LogP) is -1.78. The van der Waals surface area contributed by atoms with E-state index in [9.17, 15) is 0 Å². The zero-order valence-electron chi connectivity index (χ0n) is 6.45. The highest BCUT2D eigenvalue weighted by atomic mass is 16.5. The van der Waals surface area contributed by atoms with Crippen molar-refractivity contribution in [1.29, 1.82) is 0 Å². The molecule has 0 atom stereocenters. The van der Waals surface area contributed by atoms with Crippen molar-refractivity contribution in [2.75, 3.05) is 20.3 Å². The first-order chi connectivity index (χ1) is 5.16. The summed E-state index contributed by atoms with van der Waals surface area (Å²) in [7, 11) is 1.58. The lowest BCUT2D eigenvalue weighted by Crippen LogP contribution is -2.26. The highest BCUT2D eigenvalue weighted by molar-refractivity contribution is 5.92. The van der Waals surface area contributed by atoms with Gasteiger partial charge in [-0.15, -0.1) is 0 Å². The van der Waals surface area contributed by atoms with Gasteiger partial charge in [-0.2, -0.15) is 4.99 Å². The van der Waals surface area contributed by atoms with Crippen molar-refractivity contribution in [2.24, 2.45) is 27.2 Å². The van der Waals surface area contributed by atoms with Crippen LogP contribution in [0.15, 0.2) is 9.98 Å². The van der Waals surface area contributed by atoms with Crippen LogP contribution in [-0.4, -0.2) is 32.2 Å². The van der Waals surface area contributed by atoms with Gasteiger partial charge in [0.15, 0.2) is 5.96 Å². The Labute approximate surface area is 65.1 Å². The Kier molecular flexibility index (Phi) is 4.83. The maximum atomic E-state index is 5.26. The standard InChI is InChI=1S/C5H13N5O/c1-11-3-2-9-5(8)10-4(6)7/h2-3H2,1H3,(H6,6,7,8,9,10). The molecule has 0 aliphatic rings. The number of ether oxygens (including phenoxy) is 1. The van der Waals surface area contributed by atoms with E-state index >= 15 is 0 Å². The first-order valence-corrected chi connectivity index (χ1v) is 3.05. The smallest absolute Gasteiger partial charge is 0.218 e. The second-order valence-corrected chi connectivity index (χ2v) is 1.77. The number of hydrogen-bond donors (Lipinski definition) is 3.